The summed E-state index contributed by atoms with van der Waals surface area (Å²) in [6, 6.07) is 21.3. The Balaban J connectivity index is 1.69. The summed E-state index contributed by atoms with van der Waals surface area (Å²) < 4.78 is 17.1. The number of fused-ring (bicyclic) bond motifs is 1. The topological polar surface area (TPSA) is 46.9 Å². The Bertz CT molecular complexity index is 1190. The van der Waals surface area contributed by atoms with E-state index in [1.165, 1.54) is 6.07 Å². The zero-order valence-corrected chi connectivity index (χ0v) is 17.4. The molecule has 1 amide bonds. The van der Waals surface area contributed by atoms with Crippen LogP contribution >= 0.6 is 15.9 Å². The normalized spacial score (nSPS) is 12.1. The number of nitrogens with zero attached hydrogens (tertiary/aromatic N) is 2. The minimum Gasteiger partial charge on any atom is -0.342 e. The van der Waals surface area contributed by atoms with E-state index in [-0.39, 0.29) is 17.8 Å². The molecule has 0 fully saturated rings. The molecule has 4 nitrogen and oxygen atoms in total. The zero-order valence-electron chi connectivity index (χ0n) is 15.8. The number of rotatable bonds is 5. The molecule has 146 valence electrons. The van der Waals surface area contributed by atoms with Crippen LogP contribution in [0, 0.1) is 5.82 Å². The number of hydrogen-bond acceptors (Lipinski definition) is 2. The average Bonchev–Trinajstić information content (AvgIpc) is 3.08. The van der Waals surface area contributed by atoms with Gasteiger partial charge in [-0.1, -0.05) is 52.3 Å². The monoisotopic (exact) mass is 451 g/mol. The molecule has 0 aliphatic heterocycles. The first-order valence-corrected chi connectivity index (χ1v) is 10.1. The van der Waals surface area contributed by atoms with Crippen molar-refractivity contribution in [2.45, 2.75) is 19.5 Å². The van der Waals surface area contributed by atoms with E-state index in [1.807, 2.05) is 54.0 Å². The maximum atomic E-state index is 14.3. The van der Waals surface area contributed by atoms with Crippen molar-refractivity contribution in [1.29, 1.82) is 0 Å². The first-order valence-electron chi connectivity index (χ1n) is 9.28. The zero-order chi connectivity index (χ0) is 20.4. The Hall–Kier alpha value is -2.99. The second-order valence-corrected chi connectivity index (χ2v) is 7.76. The molecule has 6 heteroatoms. The molecule has 0 saturated heterocycles. The van der Waals surface area contributed by atoms with Crippen molar-refractivity contribution in [3.05, 3.63) is 100 Å². The molecule has 0 bridgehead atoms. The number of carbonyl (C=O) groups is 1. The predicted octanol–water partition coefficient (Wildman–Crippen LogP) is 5.48. The van der Waals surface area contributed by atoms with Gasteiger partial charge in [-0.2, -0.15) is 0 Å². The standard InChI is InChI=1S/C23H19BrFN3O/c1-15(26-23(29)16-8-6-9-18(24)13-16)22-27-20-11-4-5-12-21(20)28(22)14-17-7-2-3-10-19(17)25/h2-13,15H,14H2,1H3,(H,26,29)/t15-/m1/s1. The fourth-order valence-corrected chi connectivity index (χ4v) is 3.76. The number of amides is 1. The number of aromatic nitrogens is 2. The Labute approximate surface area is 176 Å². The van der Waals surface area contributed by atoms with E-state index >= 15 is 0 Å². The summed E-state index contributed by atoms with van der Waals surface area (Å²) >= 11 is 3.39. The third-order valence-corrected chi connectivity index (χ3v) is 5.29. The summed E-state index contributed by atoms with van der Waals surface area (Å²) in [4.78, 5) is 17.4. The van der Waals surface area contributed by atoms with Gasteiger partial charge in [0.1, 0.15) is 11.6 Å². The van der Waals surface area contributed by atoms with Gasteiger partial charge < -0.3 is 9.88 Å². The SMILES string of the molecule is C[C@@H](NC(=O)c1cccc(Br)c1)c1nc2ccccc2n1Cc1ccccc1F. The smallest absolute Gasteiger partial charge is 0.251 e. The lowest BCUT2D eigenvalue weighted by molar-refractivity contribution is 0.0937. The number of hydrogen-bond donors (Lipinski definition) is 1. The summed E-state index contributed by atoms with van der Waals surface area (Å²) in [7, 11) is 0. The van der Waals surface area contributed by atoms with Gasteiger partial charge >= 0.3 is 0 Å². The van der Waals surface area contributed by atoms with Gasteiger partial charge in [0.05, 0.1) is 23.6 Å². The fraction of sp³-hybridized carbons (Fsp3) is 0.130. The Morgan fingerprint density at radius 3 is 2.66 bits per heavy atom. The summed E-state index contributed by atoms with van der Waals surface area (Å²) in [5.41, 5.74) is 2.84. The van der Waals surface area contributed by atoms with E-state index in [1.54, 1.807) is 24.3 Å². The number of nitrogens with one attached hydrogen (secondary N) is 1. The average molecular weight is 452 g/mol. The molecule has 0 aliphatic carbocycles. The van der Waals surface area contributed by atoms with Crippen LogP contribution in [0.4, 0.5) is 4.39 Å². The fourth-order valence-electron chi connectivity index (χ4n) is 3.36. The third kappa shape index (κ3) is 4.07. The molecular weight excluding hydrogens is 433 g/mol. The number of para-hydroxylation sites is 2. The summed E-state index contributed by atoms with van der Waals surface area (Å²) in [6.07, 6.45) is 0. The van der Waals surface area contributed by atoms with Gasteiger partial charge in [0, 0.05) is 15.6 Å². The third-order valence-electron chi connectivity index (χ3n) is 4.79. The molecule has 1 heterocycles. The molecule has 0 radical (unpaired) electrons. The van der Waals surface area contributed by atoms with Crippen LogP contribution in [-0.4, -0.2) is 15.5 Å². The van der Waals surface area contributed by atoms with Gasteiger partial charge in [-0.15, -0.1) is 0 Å². The van der Waals surface area contributed by atoms with E-state index in [9.17, 15) is 9.18 Å². The molecule has 3 aromatic carbocycles. The van der Waals surface area contributed by atoms with Gasteiger partial charge in [-0.05, 0) is 43.3 Å². The van der Waals surface area contributed by atoms with Crippen molar-refractivity contribution in [2.75, 3.05) is 0 Å². The summed E-state index contributed by atoms with van der Waals surface area (Å²) in [5, 5.41) is 3.00. The van der Waals surface area contributed by atoms with Gasteiger partial charge in [-0.3, -0.25) is 4.79 Å². The minimum absolute atomic E-state index is 0.191. The van der Waals surface area contributed by atoms with Crippen molar-refractivity contribution < 1.29 is 9.18 Å². The van der Waals surface area contributed by atoms with Crippen molar-refractivity contribution in [3.8, 4) is 0 Å². The van der Waals surface area contributed by atoms with Crippen LogP contribution in [0.3, 0.4) is 0 Å². The van der Waals surface area contributed by atoms with Crippen molar-refractivity contribution in [3.63, 3.8) is 0 Å². The minimum atomic E-state index is -0.361. The van der Waals surface area contributed by atoms with Crippen LogP contribution in [-0.2, 0) is 6.54 Å². The first kappa shape index (κ1) is 19.3. The van der Waals surface area contributed by atoms with Crippen LogP contribution in [0.25, 0.3) is 11.0 Å². The van der Waals surface area contributed by atoms with Crippen LogP contribution in [0.1, 0.15) is 34.7 Å². The molecule has 0 aliphatic rings. The largest absolute Gasteiger partial charge is 0.342 e. The molecular formula is C23H19BrFN3O. The summed E-state index contributed by atoms with van der Waals surface area (Å²) in [5.74, 6) is 0.225. The van der Waals surface area contributed by atoms with E-state index in [4.69, 9.17) is 4.98 Å². The maximum Gasteiger partial charge on any atom is 0.251 e. The van der Waals surface area contributed by atoms with Crippen LogP contribution in [0.2, 0.25) is 0 Å². The van der Waals surface area contributed by atoms with Crippen LogP contribution in [0.5, 0.6) is 0 Å². The first-order chi connectivity index (χ1) is 14.0. The lowest BCUT2D eigenvalue weighted by Gasteiger charge is -2.17. The Morgan fingerprint density at radius 2 is 1.86 bits per heavy atom. The number of carbonyl (C=O) groups excluding carboxylic acids is 1. The maximum absolute atomic E-state index is 14.3. The Morgan fingerprint density at radius 1 is 1.10 bits per heavy atom. The van der Waals surface area contributed by atoms with Gasteiger partial charge in [0.15, 0.2) is 0 Å². The van der Waals surface area contributed by atoms with E-state index in [0.29, 0.717) is 23.5 Å². The number of benzene rings is 3. The summed E-state index contributed by atoms with van der Waals surface area (Å²) in [6.45, 7) is 2.22. The lowest BCUT2D eigenvalue weighted by atomic mass is 10.2. The molecule has 1 atom stereocenters. The van der Waals surface area contributed by atoms with E-state index < -0.39 is 0 Å². The molecule has 0 saturated carbocycles. The second kappa shape index (κ2) is 8.17. The molecule has 4 aromatic rings. The molecule has 1 aromatic heterocycles. The highest BCUT2D eigenvalue weighted by atomic mass is 79.9. The highest BCUT2D eigenvalue weighted by Gasteiger charge is 2.20. The van der Waals surface area contributed by atoms with E-state index in [2.05, 4.69) is 21.2 Å². The highest BCUT2D eigenvalue weighted by molar-refractivity contribution is 9.10. The quantitative estimate of drug-likeness (QED) is 0.436. The van der Waals surface area contributed by atoms with E-state index in [0.717, 1.165) is 15.5 Å². The molecule has 0 spiro atoms. The van der Waals surface area contributed by atoms with Gasteiger partial charge in [0.25, 0.3) is 5.91 Å². The van der Waals surface area contributed by atoms with Crippen LogP contribution < -0.4 is 5.32 Å². The second-order valence-electron chi connectivity index (χ2n) is 6.84. The van der Waals surface area contributed by atoms with Crippen molar-refractivity contribution in [1.82, 2.24) is 14.9 Å². The Kier molecular flexibility index (Phi) is 5.45. The highest BCUT2D eigenvalue weighted by Crippen LogP contribution is 2.23. The van der Waals surface area contributed by atoms with Crippen molar-refractivity contribution in [2.24, 2.45) is 0 Å². The lowest BCUT2D eigenvalue weighted by Crippen LogP contribution is -2.29. The van der Waals surface area contributed by atoms with Gasteiger partial charge in [-0.25, -0.2) is 9.37 Å². The predicted molar refractivity (Wildman–Crippen MR) is 115 cm³/mol. The number of imidazole rings is 1. The molecule has 0 unspecified atom stereocenters. The van der Waals surface area contributed by atoms with Crippen molar-refractivity contribution >= 4 is 32.9 Å². The van der Waals surface area contributed by atoms with Crippen LogP contribution in [0.15, 0.2) is 77.3 Å². The van der Waals surface area contributed by atoms with Gasteiger partial charge in [0.2, 0.25) is 0 Å². The number of halogens is 2. The molecule has 1 N–H and O–H groups in total. The molecule has 4 rings (SSSR count). The molecule has 29 heavy (non-hydrogen) atoms.